The minimum Gasteiger partial charge on any atom is -0.507 e. The number of phenols is 1. The number of phenolic OH excluding ortho intramolecular Hbond substituents is 1. The number of benzene rings is 1. The van der Waals surface area contributed by atoms with E-state index in [0.29, 0.717) is 11.6 Å². The maximum absolute atomic E-state index is 9.98. The number of aliphatic hydroxyl groups is 1. The first-order valence-electron chi connectivity index (χ1n) is 6.93. The van der Waals surface area contributed by atoms with E-state index in [1.165, 1.54) is 25.7 Å². The van der Waals surface area contributed by atoms with Gasteiger partial charge >= 0.3 is 0 Å². The van der Waals surface area contributed by atoms with Crippen molar-refractivity contribution in [2.24, 2.45) is 5.92 Å². The zero-order chi connectivity index (χ0) is 12.7. The summed E-state index contributed by atoms with van der Waals surface area (Å²) in [6, 6.07) is 6.35. The van der Waals surface area contributed by atoms with Crippen LogP contribution in [-0.4, -0.2) is 22.8 Å². The highest BCUT2D eigenvalue weighted by atomic mass is 16.3. The second-order valence-corrected chi connectivity index (χ2v) is 5.75. The molecule has 18 heavy (non-hydrogen) atoms. The van der Waals surface area contributed by atoms with Gasteiger partial charge in [-0.15, -0.1) is 0 Å². The van der Waals surface area contributed by atoms with E-state index in [4.69, 9.17) is 0 Å². The van der Waals surface area contributed by atoms with Gasteiger partial charge in [-0.05, 0) is 44.6 Å². The van der Waals surface area contributed by atoms with Crippen LogP contribution in [-0.2, 0) is 0 Å². The van der Waals surface area contributed by atoms with Crippen molar-refractivity contribution < 1.29 is 10.2 Å². The molecule has 0 amide bonds. The van der Waals surface area contributed by atoms with Gasteiger partial charge in [0.15, 0.2) is 0 Å². The highest BCUT2D eigenvalue weighted by Gasteiger charge is 2.34. The van der Waals surface area contributed by atoms with Crippen LogP contribution in [0.3, 0.4) is 0 Å². The summed E-state index contributed by atoms with van der Waals surface area (Å²) in [7, 11) is 0. The Morgan fingerprint density at radius 3 is 2.50 bits per heavy atom. The molecule has 2 N–H and O–H groups in total. The summed E-state index contributed by atoms with van der Waals surface area (Å²) in [5.41, 5.74) is 1.72. The SMILES string of the molecule is CC(O)c1ccc(N(CC2CC2)C2CC2)cc1O. The Balaban J connectivity index is 1.82. The predicted octanol–water partition coefficient (Wildman–Crippen LogP) is 2.82. The first-order chi connectivity index (χ1) is 8.65. The maximum Gasteiger partial charge on any atom is 0.123 e. The third-order valence-corrected chi connectivity index (χ3v) is 3.94. The Kier molecular flexibility index (Phi) is 2.94. The molecule has 3 heteroatoms. The van der Waals surface area contributed by atoms with Crippen LogP contribution >= 0.6 is 0 Å². The van der Waals surface area contributed by atoms with Crippen molar-refractivity contribution in [1.29, 1.82) is 0 Å². The van der Waals surface area contributed by atoms with Crippen LogP contribution in [0.5, 0.6) is 5.75 Å². The zero-order valence-electron chi connectivity index (χ0n) is 10.8. The maximum atomic E-state index is 9.98. The van der Waals surface area contributed by atoms with Crippen molar-refractivity contribution in [3.05, 3.63) is 23.8 Å². The first-order valence-corrected chi connectivity index (χ1v) is 6.93. The second kappa shape index (κ2) is 4.47. The largest absolute Gasteiger partial charge is 0.507 e. The van der Waals surface area contributed by atoms with Gasteiger partial charge in [0.25, 0.3) is 0 Å². The Labute approximate surface area is 108 Å². The molecule has 1 aromatic rings. The third kappa shape index (κ3) is 2.46. The molecule has 0 aliphatic heterocycles. The molecule has 1 atom stereocenters. The van der Waals surface area contributed by atoms with Crippen LogP contribution in [0, 0.1) is 5.92 Å². The zero-order valence-corrected chi connectivity index (χ0v) is 10.8. The molecule has 3 rings (SSSR count). The summed E-state index contributed by atoms with van der Waals surface area (Å²) in [4.78, 5) is 2.43. The van der Waals surface area contributed by atoms with Crippen molar-refractivity contribution in [2.75, 3.05) is 11.4 Å². The lowest BCUT2D eigenvalue weighted by molar-refractivity contribution is 0.195. The molecule has 0 bridgehead atoms. The Bertz CT molecular complexity index is 436. The summed E-state index contributed by atoms with van der Waals surface area (Å²) < 4.78 is 0. The lowest BCUT2D eigenvalue weighted by atomic mass is 10.1. The molecule has 2 aliphatic carbocycles. The van der Waals surface area contributed by atoms with Crippen LogP contribution in [0.2, 0.25) is 0 Å². The number of aromatic hydroxyl groups is 1. The molecular formula is C15H21NO2. The van der Waals surface area contributed by atoms with Gasteiger partial charge in [0, 0.05) is 29.9 Å². The molecule has 2 fully saturated rings. The van der Waals surface area contributed by atoms with E-state index in [2.05, 4.69) is 4.90 Å². The normalized spacial score (nSPS) is 20.8. The number of aliphatic hydroxyl groups excluding tert-OH is 1. The quantitative estimate of drug-likeness (QED) is 0.841. The number of anilines is 1. The van der Waals surface area contributed by atoms with Crippen molar-refractivity contribution >= 4 is 5.69 Å². The molecule has 0 spiro atoms. The molecule has 3 nitrogen and oxygen atoms in total. The summed E-state index contributed by atoms with van der Waals surface area (Å²) in [5.74, 6) is 1.06. The predicted molar refractivity (Wildman–Crippen MR) is 71.8 cm³/mol. The standard InChI is InChI=1S/C15H21NO2/c1-10(17)14-7-6-13(8-15(14)18)16(12-4-5-12)9-11-2-3-11/h6-8,10-12,17-18H,2-5,9H2,1H3. The summed E-state index contributed by atoms with van der Waals surface area (Å²) in [6.45, 7) is 2.80. The van der Waals surface area contributed by atoms with Crippen molar-refractivity contribution in [3.8, 4) is 5.75 Å². The Morgan fingerprint density at radius 1 is 1.28 bits per heavy atom. The second-order valence-electron chi connectivity index (χ2n) is 5.75. The van der Waals surface area contributed by atoms with E-state index >= 15 is 0 Å². The molecule has 1 aromatic carbocycles. The van der Waals surface area contributed by atoms with Gasteiger partial charge in [0.05, 0.1) is 6.10 Å². The van der Waals surface area contributed by atoms with E-state index in [1.807, 2.05) is 18.2 Å². The van der Waals surface area contributed by atoms with E-state index < -0.39 is 6.10 Å². The summed E-state index contributed by atoms with van der Waals surface area (Å²) in [5, 5.41) is 19.5. The van der Waals surface area contributed by atoms with Gasteiger partial charge in [-0.3, -0.25) is 0 Å². The highest BCUT2D eigenvalue weighted by Crippen LogP contribution is 2.39. The number of hydrogen-bond donors (Lipinski definition) is 2. The fourth-order valence-electron chi connectivity index (χ4n) is 2.49. The fourth-order valence-corrected chi connectivity index (χ4v) is 2.49. The molecular weight excluding hydrogens is 226 g/mol. The molecule has 0 aromatic heterocycles. The fraction of sp³-hybridized carbons (Fsp3) is 0.600. The molecule has 2 aliphatic rings. The average Bonchev–Trinajstić information content (AvgIpc) is 3.18. The van der Waals surface area contributed by atoms with Crippen molar-refractivity contribution in [2.45, 2.75) is 44.8 Å². The summed E-state index contributed by atoms with van der Waals surface area (Å²) in [6.07, 6.45) is 4.62. The number of hydrogen-bond acceptors (Lipinski definition) is 3. The van der Waals surface area contributed by atoms with Gasteiger partial charge in [-0.1, -0.05) is 6.07 Å². The van der Waals surface area contributed by atoms with E-state index in [1.54, 1.807) is 6.92 Å². The molecule has 98 valence electrons. The smallest absolute Gasteiger partial charge is 0.123 e. The van der Waals surface area contributed by atoms with Crippen molar-refractivity contribution in [1.82, 2.24) is 0 Å². The topological polar surface area (TPSA) is 43.7 Å². The minimum atomic E-state index is -0.614. The lowest BCUT2D eigenvalue weighted by Crippen LogP contribution is -2.27. The van der Waals surface area contributed by atoms with Gasteiger partial charge in [0.1, 0.15) is 5.75 Å². The summed E-state index contributed by atoms with van der Waals surface area (Å²) >= 11 is 0. The van der Waals surface area contributed by atoms with Crippen molar-refractivity contribution in [3.63, 3.8) is 0 Å². The van der Waals surface area contributed by atoms with Crippen LogP contribution in [0.15, 0.2) is 18.2 Å². The lowest BCUT2D eigenvalue weighted by Gasteiger charge is -2.25. The van der Waals surface area contributed by atoms with E-state index in [0.717, 1.165) is 18.2 Å². The van der Waals surface area contributed by atoms with E-state index in [9.17, 15) is 10.2 Å². The monoisotopic (exact) mass is 247 g/mol. The minimum absolute atomic E-state index is 0.212. The molecule has 0 heterocycles. The van der Waals surface area contributed by atoms with Gasteiger partial charge in [-0.25, -0.2) is 0 Å². The van der Waals surface area contributed by atoms with Crippen LogP contribution in [0.1, 0.15) is 44.3 Å². The van der Waals surface area contributed by atoms with Crippen LogP contribution in [0.4, 0.5) is 5.69 Å². The Morgan fingerprint density at radius 2 is 2.00 bits per heavy atom. The molecule has 0 radical (unpaired) electrons. The number of nitrogens with zero attached hydrogens (tertiary/aromatic N) is 1. The van der Waals surface area contributed by atoms with E-state index in [-0.39, 0.29) is 5.75 Å². The van der Waals surface area contributed by atoms with Crippen LogP contribution < -0.4 is 4.90 Å². The van der Waals surface area contributed by atoms with Crippen LogP contribution in [0.25, 0.3) is 0 Å². The Hall–Kier alpha value is -1.22. The average molecular weight is 247 g/mol. The third-order valence-electron chi connectivity index (χ3n) is 3.94. The van der Waals surface area contributed by atoms with Gasteiger partial charge in [-0.2, -0.15) is 0 Å². The number of rotatable bonds is 5. The van der Waals surface area contributed by atoms with Gasteiger partial charge < -0.3 is 15.1 Å². The van der Waals surface area contributed by atoms with Gasteiger partial charge in [0.2, 0.25) is 0 Å². The highest BCUT2D eigenvalue weighted by molar-refractivity contribution is 5.55. The first kappa shape index (κ1) is 11.8. The molecule has 1 unspecified atom stereocenters. The molecule has 2 saturated carbocycles. The molecule has 0 saturated heterocycles.